The van der Waals surface area contributed by atoms with Gasteiger partial charge < -0.3 is 10.1 Å². The lowest BCUT2D eigenvalue weighted by Gasteiger charge is -2.23. The largest absolute Gasteiger partial charge is 0.479 e. The van der Waals surface area contributed by atoms with E-state index in [9.17, 15) is 14.7 Å². The molecule has 1 aromatic heterocycles. The molecule has 1 aromatic carbocycles. The highest BCUT2D eigenvalue weighted by Crippen LogP contribution is 2.38. The van der Waals surface area contributed by atoms with Gasteiger partial charge in [-0.15, -0.1) is 0 Å². The van der Waals surface area contributed by atoms with Crippen molar-refractivity contribution in [2.45, 2.75) is 6.04 Å². The smallest absolute Gasteiger partial charge is 0.331 e. The van der Waals surface area contributed by atoms with E-state index in [0.29, 0.717) is 10.5 Å². The van der Waals surface area contributed by atoms with E-state index in [-0.39, 0.29) is 4.32 Å². The monoisotopic (exact) mass is 344 g/mol. The first-order valence-electron chi connectivity index (χ1n) is 6.76. The third kappa shape index (κ3) is 3.06. The molecule has 0 radical (unpaired) electrons. The Hall–Kier alpha value is -2.38. The summed E-state index contributed by atoms with van der Waals surface area (Å²) in [6.45, 7) is 0. The van der Waals surface area contributed by atoms with Gasteiger partial charge in [-0.05, 0) is 23.8 Å². The summed E-state index contributed by atoms with van der Waals surface area (Å²) < 4.78 is 0.240. The van der Waals surface area contributed by atoms with Crippen LogP contribution >= 0.6 is 24.0 Å². The van der Waals surface area contributed by atoms with Crippen molar-refractivity contribution in [1.82, 2.24) is 9.88 Å². The van der Waals surface area contributed by atoms with Gasteiger partial charge in [0, 0.05) is 11.9 Å². The maximum atomic E-state index is 12.6. The molecular weight excluding hydrogens is 332 g/mol. The quantitative estimate of drug-likeness (QED) is 0.659. The predicted molar refractivity (Wildman–Crippen MR) is 92.6 cm³/mol. The van der Waals surface area contributed by atoms with E-state index in [1.54, 1.807) is 42.6 Å². The van der Waals surface area contributed by atoms with Crippen LogP contribution in [0.4, 0.5) is 0 Å². The lowest BCUT2D eigenvalue weighted by atomic mass is 10.1. The number of aliphatic carboxylic acids is 1. The van der Waals surface area contributed by atoms with Gasteiger partial charge in [-0.2, -0.15) is 0 Å². The highest BCUT2D eigenvalue weighted by Gasteiger charge is 2.41. The molecular formula is C16H12N2O3S2. The van der Waals surface area contributed by atoms with E-state index >= 15 is 0 Å². The lowest BCUT2D eigenvalue weighted by molar-refractivity contribution is -0.145. The second kappa shape index (κ2) is 6.39. The Balaban J connectivity index is 1.97. The Bertz CT molecular complexity index is 785. The number of carbonyl (C=O) groups excluding carboxylic acids is 1. The first-order chi connectivity index (χ1) is 11.1. The molecule has 1 atom stereocenters. The summed E-state index contributed by atoms with van der Waals surface area (Å²) in [4.78, 5) is 28.9. The lowest BCUT2D eigenvalue weighted by Crippen LogP contribution is -2.37. The number of nitrogens with zero attached hydrogens (tertiary/aromatic N) is 1. The molecule has 0 saturated carbocycles. The van der Waals surface area contributed by atoms with Gasteiger partial charge in [-0.3, -0.25) is 9.69 Å². The molecule has 0 bridgehead atoms. The predicted octanol–water partition coefficient (Wildman–Crippen LogP) is 3.04. The average molecular weight is 344 g/mol. The van der Waals surface area contributed by atoms with Gasteiger partial charge in [-0.1, -0.05) is 54.3 Å². The van der Waals surface area contributed by atoms with Crippen molar-refractivity contribution < 1.29 is 14.7 Å². The van der Waals surface area contributed by atoms with Crippen molar-refractivity contribution in [3.8, 4) is 0 Å². The zero-order valence-corrected chi connectivity index (χ0v) is 13.4. The fourth-order valence-electron chi connectivity index (χ4n) is 2.32. The second-order valence-electron chi connectivity index (χ2n) is 4.83. The number of hydrogen-bond donors (Lipinski definition) is 2. The van der Waals surface area contributed by atoms with Gasteiger partial charge in [0.2, 0.25) is 0 Å². The Morgan fingerprint density at radius 3 is 2.61 bits per heavy atom. The Kier molecular flexibility index (Phi) is 4.31. The zero-order valence-electron chi connectivity index (χ0n) is 11.8. The van der Waals surface area contributed by atoms with Crippen LogP contribution in [0.25, 0.3) is 6.08 Å². The van der Waals surface area contributed by atoms with Crippen LogP contribution in [-0.4, -0.2) is 31.2 Å². The normalized spacial score (nSPS) is 17.7. The van der Waals surface area contributed by atoms with E-state index in [1.807, 2.05) is 12.1 Å². The first kappa shape index (κ1) is 15.5. The molecule has 3 rings (SSSR count). The molecule has 1 amide bonds. The summed E-state index contributed by atoms with van der Waals surface area (Å²) in [5, 5.41) is 9.58. The number of H-pyrrole nitrogens is 1. The highest BCUT2D eigenvalue weighted by molar-refractivity contribution is 8.26. The van der Waals surface area contributed by atoms with Crippen molar-refractivity contribution >= 4 is 46.3 Å². The second-order valence-corrected chi connectivity index (χ2v) is 6.50. The summed E-state index contributed by atoms with van der Waals surface area (Å²) in [6, 6.07) is 11.1. The highest BCUT2D eigenvalue weighted by atomic mass is 32.2. The third-order valence-electron chi connectivity index (χ3n) is 3.34. The summed E-state index contributed by atoms with van der Waals surface area (Å²) in [7, 11) is 0. The van der Waals surface area contributed by atoms with E-state index in [2.05, 4.69) is 4.98 Å². The Morgan fingerprint density at radius 1 is 1.26 bits per heavy atom. The number of nitrogens with one attached hydrogen (secondary N) is 1. The van der Waals surface area contributed by atoms with Crippen LogP contribution in [0.2, 0.25) is 0 Å². The van der Waals surface area contributed by atoms with Crippen LogP contribution in [0.3, 0.4) is 0 Å². The molecule has 2 N–H and O–H groups in total. The standard InChI is InChI=1S/C16H12N2O3S2/c19-14-12(9-11-7-4-8-17-11)23-16(22)18(14)13(15(20)21)10-5-2-1-3-6-10/h1-9,13,17H,(H,20,21)/b12-9-/t13-/m1/s1. The van der Waals surface area contributed by atoms with Crippen molar-refractivity contribution in [3.05, 3.63) is 64.8 Å². The van der Waals surface area contributed by atoms with E-state index < -0.39 is 17.9 Å². The van der Waals surface area contributed by atoms with Crippen molar-refractivity contribution in [1.29, 1.82) is 0 Å². The minimum absolute atomic E-state index is 0.240. The molecule has 1 aliphatic heterocycles. The molecule has 23 heavy (non-hydrogen) atoms. The van der Waals surface area contributed by atoms with Gasteiger partial charge in [0.1, 0.15) is 4.32 Å². The topological polar surface area (TPSA) is 73.4 Å². The maximum Gasteiger partial charge on any atom is 0.331 e. The van der Waals surface area contributed by atoms with Gasteiger partial charge in [0.25, 0.3) is 5.91 Å². The molecule has 116 valence electrons. The number of benzene rings is 1. The third-order valence-corrected chi connectivity index (χ3v) is 4.67. The number of thiocarbonyl (C=S) groups is 1. The number of carboxylic acid groups (broad SMARTS) is 1. The molecule has 0 aliphatic carbocycles. The van der Waals surface area contributed by atoms with Crippen LogP contribution in [0, 0.1) is 0 Å². The summed E-state index contributed by atoms with van der Waals surface area (Å²) >= 11 is 6.35. The fourth-order valence-corrected chi connectivity index (χ4v) is 3.62. The summed E-state index contributed by atoms with van der Waals surface area (Å²) in [5.41, 5.74) is 1.27. The number of thioether (sulfide) groups is 1. The molecule has 2 heterocycles. The average Bonchev–Trinajstić information content (AvgIpc) is 3.12. The van der Waals surface area contributed by atoms with Gasteiger partial charge in [-0.25, -0.2) is 4.79 Å². The molecule has 0 spiro atoms. The van der Waals surface area contributed by atoms with Crippen molar-refractivity contribution in [3.63, 3.8) is 0 Å². The maximum absolute atomic E-state index is 12.6. The fraction of sp³-hybridized carbons (Fsp3) is 0.0625. The van der Waals surface area contributed by atoms with Crippen LogP contribution < -0.4 is 0 Å². The molecule has 2 aromatic rings. The number of aromatic amines is 1. The SMILES string of the molecule is O=C(O)[C@@H](c1ccccc1)N1C(=O)/C(=C/c2ccc[nH]2)SC1=S. The Morgan fingerprint density at radius 2 is 2.00 bits per heavy atom. The summed E-state index contributed by atoms with van der Waals surface area (Å²) in [6.07, 6.45) is 3.42. The number of carboxylic acids is 1. The number of aromatic nitrogens is 1. The van der Waals surface area contributed by atoms with Gasteiger partial charge >= 0.3 is 5.97 Å². The minimum Gasteiger partial charge on any atom is -0.479 e. The van der Waals surface area contributed by atoms with Crippen molar-refractivity contribution in [2.75, 3.05) is 0 Å². The molecule has 5 nitrogen and oxygen atoms in total. The Labute approximate surface area is 142 Å². The van der Waals surface area contributed by atoms with Crippen LogP contribution in [0.1, 0.15) is 17.3 Å². The molecule has 1 aliphatic rings. The number of rotatable bonds is 4. The van der Waals surface area contributed by atoms with Crippen molar-refractivity contribution in [2.24, 2.45) is 0 Å². The van der Waals surface area contributed by atoms with Gasteiger partial charge in [0.15, 0.2) is 6.04 Å². The number of hydrogen-bond acceptors (Lipinski definition) is 4. The molecule has 7 heteroatoms. The first-order valence-corrected chi connectivity index (χ1v) is 7.98. The van der Waals surface area contributed by atoms with Crippen LogP contribution in [0.15, 0.2) is 53.6 Å². The molecule has 1 saturated heterocycles. The van der Waals surface area contributed by atoms with Gasteiger partial charge in [0.05, 0.1) is 4.91 Å². The van der Waals surface area contributed by atoms with E-state index in [0.717, 1.165) is 22.4 Å². The van der Waals surface area contributed by atoms with E-state index in [1.165, 1.54) is 0 Å². The zero-order chi connectivity index (χ0) is 16.4. The van der Waals surface area contributed by atoms with Crippen LogP contribution in [-0.2, 0) is 9.59 Å². The summed E-state index contributed by atoms with van der Waals surface area (Å²) in [5.74, 6) is -1.51. The number of carbonyl (C=O) groups is 2. The van der Waals surface area contributed by atoms with Crippen LogP contribution in [0.5, 0.6) is 0 Å². The molecule has 1 fully saturated rings. The molecule has 0 unspecified atom stereocenters. The minimum atomic E-state index is -1.13. The van der Waals surface area contributed by atoms with E-state index in [4.69, 9.17) is 12.2 Å². The number of amides is 1.